The van der Waals surface area contributed by atoms with Crippen LogP contribution < -0.4 is 14.4 Å². The SMILES string of the molecule is COc1ccccc1[C@@H](CN=Cc1cccc(OC)c1O)[NH+](C)C. The lowest BCUT2D eigenvalue weighted by Crippen LogP contribution is -3.06. The third kappa shape index (κ3) is 4.06. The van der Waals surface area contributed by atoms with E-state index in [4.69, 9.17) is 9.47 Å². The number of para-hydroxylation sites is 2. The van der Waals surface area contributed by atoms with Crippen LogP contribution >= 0.6 is 0 Å². The smallest absolute Gasteiger partial charge is 0.166 e. The number of phenolic OH excluding ortho intramolecular Hbond substituents is 1. The highest BCUT2D eigenvalue weighted by Gasteiger charge is 2.20. The number of aliphatic imine (C=N–C) groups is 1. The fourth-order valence-electron chi connectivity index (χ4n) is 2.61. The van der Waals surface area contributed by atoms with E-state index in [1.54, 1.807) is 19.4 Å². The quantitative estimate of drug-likeness (QED) is 0.761. The van der Waals surface area contributed by atoms with Gasteiger partial charge >= 0.3 is 0 Å². The number of nitrogens with zero attached hydrogens (tertiary/aromatic N) is 1. The minimum Gasteiger partial charge on any atom is -0.504 e. The van der Waals surface area contributed by atoms with Crippen LogP contribution in [0.2, 0.25) is 0 Å². The van der Waals surface area contributed by atoms with Gasteiger partial charge in [-0.15, -0.1) is 0 Å². The van der Waals surface area contributed by atoms with Crippen molar-refractivity contribution in [3.05, 3.63) is 53.6 Å². The number of phenols is 1. The van der Waals surface area contributed by atoms with Crippen LogP contribution in [0.4, 0.5) is 0 Å². The Balaban J connectivity index is 2.21. The molecule has 2 aromatic carbocycles. The standard InChI is InChI=1S/C19H24N2O3/c1-21(2)16(15-9-5-6-10-17(15)23-3)13-20-12-14-8-7-11-18(24-4)19(14)22/h5-12,16,22H,13H2,1-4H3/p+1/t16-/m1/s1. The van der Waals surface area contributed by atoms with E-state index < -0.39 is 0 Å². The fourth-order valence-corrected chi connectivity index (χ4v) is 2.61. The number of methoxy groups -OCH3 is 2. The van der Waals surface area contributed by atoms with E-state index in [1.807, 2.05) is 30.3 Å². The second-order valence-electron chi connectivity index (χ2n) is 5.76. The zero-order valence-corrected chi connectivity index (χ0v) is 14.6. The molecule has 5 heteroatoms. The van der Waals surface area contributed by atoms with Crippen molar-refractivity contribution < 1.29 is 19.5 Å². The van der Waals surface area contributed by atoms with E-state index in [2.05, 4.69) is 25.2 Å². The Morgan fingerprint density at radius 3 is 2.38 bits per heavy atom. The maximum atomic E-state index is 10.1. The Bertz CT molecular complexity index is 699. The first kappa shape index (κ1) is 17.8. The molecule has 0 aliphatic carbocycles. The van der Waals surface area contributed by atoms with Crippen LogP contribution in [0.25, 0.3) is 0 Å². The number of nitrogens with one attached hydrogen (secondary N) is 1. The van der Waals surface area contributed by atoms with Crippen LogP contribution in [0.5, 0.6) is 17.2 Å². The van der Waals surface area contributed by atoms with Crippen molar-refractivity contribution in [2.45, 2.75) is 6.04 Å². The van der Waals surface area contributed by atoms with Crippen LogP contribution in [-0.2, 0) is 0 Å². The van der Waals surface area contributed by atoms with Gasteiger partial charge < -0.3 is 19.5 Å². The first-order valence-corrected chi connectivity index (χ1v) is 7.87. The molecule has 2 aromatic rings. The van der Waals surface area contributed by atoms with Gasteiger partial charge in [0.1, 0.15) is 11.8 Å². The summed E-state index contributed by atoms with van der Waals surface area (Å²) in [6.07, 6.45) is 1.68. The summed E-state index contributed by atoms with van der Waals surface area (Å²) in [6.45, 7) is 0.583. The Hall–Kier alpha value is -2.53. The predicted octanol–water partition coefficient (Wildman–Crippen LogP) is 1.71. The van der Waals surface area contributed by atoms with Crippen molar-refractivity contribution in [1.29, 1.82) is 0 Å². The molecule has 2 rings (SSSR count). The maximum absolute atomic E-state index is 10.1. The molecular weight excluding hydrogens is 304 g/mol. The number of hydrogen-bond donors (Lipinski definition) is 2. The number of ether oxygens (including phenoxy) is 2. The molecule has 0 aromatic heterocycles. The van der Waals surface area contributed by atoms with Crippen LogP contribution in [0.3, 0.4) is 0 Å². The van der Waals surface area contributed by atoms with Crippen molar-refractivity contribution >= 4 is 6.21 Å². The number of benzene rings is 2. The van der Waals surface area contributed by atoms with E-state index in [9.17, 15) is 5.11 Å². The largest absolute Gasteiger partial charge is 0.504 e. The minimum atomic E-state index is 0.106. The highest BCUT2D eigenvalue weighted by molar-refractivity contribution is 5.84. The number of likely N-dealkylation sites (N-methyl/N-ethyl adjacent to an activating group) is 1. The summed E-state index contributed by atoms with van der Waals surface area (Å²) in [6, 6.07) is 13.5. The second-order valence-corrected chi connectivity index (χ2v) is 5.76. The summed E-state index contributed by atoms with van der Waals surface area (Å²) < 4.78 is 10.6. The van der Waals surface area contributed by atoms with E-state index in [0.29, 0.717) is 17.9 Å². The first-order chi connectivity index (χ1) is 11.6. The highest BCUT2D eigenvalue weighted by Crippen LogP contribution is 2.28. The van der Waals surface area contributed by atoms with Crippen molar-refractivity contribution in [2.24, 2.45) is 4.99 Å². The van der Waals surface area contributed by atoms with Crippen LogP contribution in [0, 0.1) is 0 Å². The molecule has 0 saturated carbocycles. The lowest BCUT2D eigenvalue weighted by molar-refractivity contribution is -0.890. The van der Waals surface area contributed by atoms with Gasteiger partial charge in [0.15, 0.2) is 11.5 Å². The van der Waals surface area contributed by atoms with E-state index >= 15 is 0 Å². The van der Waals surface area contributed by atoms with Crippen molar-refractivity contribution in [2.75, 3.05) is 34.9 Å². The van der Waals surface area contributed by atoms with Crippen LogP contribution in [-0.4, -0.2) is 46.2 Å². The third-order valence-electron chi connectivity index (χ3n) is 3.98. The molecule has 0 radical (unpaired) electrons. The number of hydrogen-bond acceptors (Lipinski definition) is 4. The lowest BCUT2D eigenvalue weighted by atomic mass is 10.0. The molecule has 0 saturated heterocycles. The Morgan fingerprint density at radius 2 is 1.71 bits per heavy atom. The normalized spacial score (nSPS) is 12.5. The van der Waals surface area contributed by atoms with Crippen molar-refractivity contribution in [3.8, 4) is 17.2 Å². The zero-order valence-electron chi connectivity index (χ0n) is 14.6. The van der Waals surface area contributed by atoms with E-state index in [0.717, 1.165) is 11.3 Å². The topological polar surface area (TPSA) is 55.5 Å². The summed E-state index contributed by atoms with van der Waals surface area (Å²) in [5.74, 6) is 1.41. The van der Waals surface area contributed by atoms with Crippen molar-refractivity contribution in [3.63, 3.8) is 0 Å². The number of aromatic hydroxyl groups is 1. The van der Waals surface area contributed by atoms with Gasteiger partial charge in [-0.2, -0.15) is 0 Å². The molecule has 2 N–H and O–H groups in total. The van der Waals surface area contributed by atoms with E-state index in [-0.39, 0.29) is 11.8 Å². The van der Waals surface area contributed by atoms with E-state index in [1.165, 1.54) is 12.0 Å². The Kier molecular flexibility index (Phi) is 6.21. The van der Waals surface area contributed by atoms with Gasteiger partial charge in [0.2, 0.25) is 0 Å². The minimum absolute atomic E-state index is 0.106. The molecule has 1 atom stereocenters. The molecule has 0 aliphatic heterocycles. The molecule has 0 bridgehead atoms. The molecule has 0 amide bonds. The summed E-state index contributed by atoms with van der Waals surface area (Å²) >= 11 is 0. The maximum Gasteiger partial charge on any atom is 0.166 e. The third-order valence-corrected chi connectivity index (χ3v) is 3.98. The van der Waals surface area contributed by atoms with Crippen LogP contribution in [0.1, 0.15) is 17.2 Å². The zero-order chi connectivity index (χ0) is 17.5. The average Bonchev–Trinajstić information content (AvgIpc) is 2.59. The van der Waals surface area contributed by atoms with Crippen LogP contribution in [0.15, 0.2) is 47.5 Å². The van der Waals surface area contributed by atoms with Gasteiger partial charge in [-0.05, 0) is 24.3 Å². The van der Waals surface area contributed by atoms with Gasteiger partial charge in [0.05, 0.1) is 40.4 Å². The summed E-state index contributed by atoms with van der Waals surface area (Å²) in [5.41, 5.74) is 1.76. The average molecular weight is 329 g/mol. The number of rotatable bonds is 7. The monoisotopic (exact) mass is 329 g/mol. The summed E-state index contributed by atoms with van der Waals surface area (Å²) in [4.78, 5) is 5.79. The summed E-state index contributed by atoms with van der Waals surface area (Å²) in [7, 11) is 7.40. The van der Waals surface area contributed by atoms with Crippen molar-refractivity contribution in [1.82, 2.24) is 0 Å². The van der Waals surface area contributed by atoms with Gasteiger partial charge in [-0.1, -0.05) is 18.2 Å². The molecule has 0 aliphatic rings. The Morgan fingerprint density at radius 1 is 1.04 bits per heavy atom. The molecule has 0 heterocycles. The molecule has 5 nitrogen and oxygen atoms in total. The summed E-state index contributed by atoms with van der Waals surface area (Å²) in [5, 5.41) is 10.1. The highest BCUT2D eigenvalue weighted by atomic mass is 16.5. The second kappa shape index (κ2) is 8.36. The molecule has 0 fully saturated rings. The molecule has 24 heavy (non-hydrogen) atoms. The lowest BCUT2D eigenvalue weighted by Gasteiger charge is -2.21. The first-order valence-electron chi connectivity index (χ1n) is 7.87. The molecule has 0 spiro atoms. The molecule has 128 valence electrons. The Labute approximate surface area is 143 Å². The van der Waals surface area contributed by atoms with Gasteiger partial charge in [0.25, 0.3) is 0 Å². The molecular formula is C19H25N2O3+. The van der Waals surface area contributed by atoms with Gasteiger partial charge in [-0.25, -0.2) is 0 Å². The van der Waals surface area contributed by atoms with Gasteiger partial charge in [0, 0.05) is 11.8 Å². The fraction of sp³-hybridized carbons (Fsp3) is 0.316. The van der Waals surface area contributed by atoms with Gasteiger partial charge in [-0.3, -0.25) is 4.99 Å². The number of quaternary nitrogens is 1. The predicted molar refractivity (Wildman–Crippen MR) is 95.7 cm³/mol. The molecule has 0 unspecified atom stereocenters.